The number of nitrogens with zero attached hydrogens (tertiary/aromatic N) is 3. The summed E-state index contributed by atoms with van der Waals surface area (Å²) in [5.74, 6) is -2.40. The molecule has 7 nitrogen and oxygen atoms in total. The molecule has 0 unspecified atom stereocenters. The lowest BCUT2D eigenvalue weighted by Gasteiger charge is -2.15. The third kappa shape index (κ3) is 3.28. The number of carbonyl (C=O) groups excluding carboxylic acids is 2. The number of ether oxygens (including phenoxy) is 1. The molecular weight excluding hydrogens is 272 g/mol. The van der Waals surface area contributed by atoms with E-state index in [1.165, 1.54) is 13.3 Å². The van der Waals surface area contributed by atoms with Crippen LogP contribution < -0.4 is 5.32 Å². The van der Waals surface area contributed by atoms with E-state index in [-0.39, 0.29) is 6.54 Å². The van der Waals surface area contributed by atoms with Gasteiger partial charge in [-0.05, 0) is 19.3 Å². The number of aryl methyl sites for hydroxylation is 1. The minimum Gasteiger partial charge on any atom is -0.383 e. The molecule has 7 heteroatoms. The zero-order chi connectivity index (χ0) is 15.2. The van der Waals surface area contributed by atoms with Crippen LogP contribution in [0.1, 0.15) is 28.9 Å². The van der Waals surface area contributed by atoms with Gasteiger partial charge in [0.25, 0.3) is 0 Å². The third-order valence-corrected chi connectivity index (χ3v) is 3.51. The zero-order valence-corrected chi connectivity index (χ0v) is 12.0. The average Bonchev–Trinajstić information content (AvgIpc) is 2.92. The number of methoxy groups -OCH3 is 1. The maximum atomic E-state index is 12.4. The zero-order valence-electron chi connectivity index (χ0n) is 12.0. The number of rotatable bonds is 6. The Balaban J connectivity index is 2.12. The summed E-state index contributed by atoms with van der Waals surface area (Å²) in [5.41, 5.74) is 1.22. The van der Waals surface area contributed by atoms with Crippen molar-refractivity contribution >= 4 is 11.7 Å². The first-order valence-corrected chi connectivity index (χ1v) is 6.94. The topological polar surface area (TPSA) is 97.0 Å². The molecule has 0 radical (unpaired) electrons. The molecule has 112 valence electrons. The van der Waals surface area contributed by atoms with Crippen LogP contribution in [-0.2, 0) is 22.5 Å². The van der Waals surface area contributed by atoms with Crippen molar-refractivity contribution in [3.63, 3.8) is 0 Å². The molecule has 0 saturated heterocycles. The fraction of sp³-hybridized carbons (Fsp3) is 0.571. The molecule has 1 N–H and O–H groups in total. The normalized spacial score (nSPS) is 14.9. The molecule has 2 heterocycles. The van der Waals surface area contributed by atoms with E-state index in [0.29, 0.717) is 12.2 Å². The quantitative estimate of drug-likeness (QED) is 0.462. The van der Waals surface area contributed by atoms with Gasteiger partial charge >= 0.3 is 0 Å². The molecule has 0 fully saturated rings. The van der Waals surface area contributed by atoms with Gasteiger partial charge in [-0.1, -0.05) is 0 Å². The number of nitrogens with one attached hydrogen (secondary N) is 1. The van der Waals surface area contributed by atoms with E-state index in [0.717, 1.165) is 31.5 Å². The summed E-state index contributed by atoms with van der Waals surface area (Å²) in [6.45, 7) is 1.38. The Bertz CT molecular complexity index is 573. The second kappa shape index (κ2) is 6.99. The first kappa shape index (κ1) is 15.2. The molecule has 1 aliphatic heterocycles. The fourth-order valence-corrected chi connectivity index (χ4v) is 2.40. The summed E-state index contributed by atoms with van der Waals surface area (Å²) in [7, 11) is 1.51. The van der Waals surface area contributed by atoms with Crippen LogP contribution in [0.25, 0.3) is 0 Å². The molecule has 1 aliphatic rings. The highest BCUT2D eigenvalue weighted by Crippen LogP contribution is 2.20. The molecule has 0 bridgehead atoms. The predicted octanol–water partition coefficient (Wildman–Crippen LogP) is 0.304. The van der Waals surface area contributed by atoms with Crippen LogP contribution in [0.15, 0.2) is 6.20 Å². The number of carbonyl (C=O) groups is 2. The van der Waals surface area contributed by atoms with E-state index in [1.807, 2.05) is 0 Å². The Labute approximate surface area is 122 Å². The van der Waals surface area contributed by atoms with Crippen LogP contribution in [-0.4, -0.2) is 41.7 Å². The number of ketones is 1. The number of Topliss-reactive ketones (excluding diaryl/α,β-unsaturated/α-hetero) is 1. The van der Waals surface area contributed by atoms with E-state index >= 15 is 0 Å². The first-order chi connectivity index (χ1) is 10.2. The van der Waals surface area contributed by atoms with Crippen molar-refractivity contribution in [2.45, 2.75) is 25.8 Å². The second-order valence-electron chi connectivity index (χ2n) is 4.90. The molecule has 21 heavy (non-hydrogen) atoms. The van der Waals surface area contributed by atoms with Gasteiger partial charge in [-0.15, -0.1) is 0 Å². The van der Waals surface area contributed by atoms with Crippen LogP contribution >= 0.6 is 0 Å². The number of aromatic nitrogens is 2. The highest BCUT2D eigenvalue weighted by Gasteiger charge is 2.31. The van der Waals surface area contributed by atoms with Crippen molar-refractivity contribution < 1.29 is 14.3 Å². The molecule has 0 spiro atoms. The number of hydrogen-bond acceptors (Lipinski definition) is 5. The first-order valence-electron chi connectivity index (χ1n) is 6.94. The summed E-state index contributed by atoms with van der Waals surface area (Å²) in [6, 6.07) is 1.78. The molecule has 0 aromatic carbocycles. The second-order valence-corrected chi connectivity index (χ2v) is 4.90. The summed E-state index contributed by atoms with van der Waals surface area (Å²) in [4.78, 5) is 24.3. The third-order valence-electron chi connectivity index (χ3n) is 3.51. The highest BCUT2D eigenvalue weighted by atomic mass is 16.5. The molecule has 1 aromatic rings. The van der Waals surface area contributed by atoms with Gasteiger partial charge in [-0.2, -0.15) is 10.4 Å². The standard InChI is InChI=1S/C14H18N4O3/c1-21-7-5-16-14(20)10(8-15)13(19)11-9-17-18-6-3-2-4-12(11)18/h9-10H,2-7H2,1H3,(H,16,20)/t10-/m0/s1. The summed E-state index contributed by atoms with van der Waals surface area (Å²) < 4.78 is 6.60. The fourth-order valence-electron chi connectivity index (χ4n) is 2.40. The lowest BCUT2D eigenvalue weighted by Crippen LogP contribution is -2.36. The van der Waals surface area contributed by atoms with Crippen LogP contribution in [0.3, 0.4) is 0 Å². The number of fused-ring (bicyclic) bond motifs is 1. The van der Waals surface area contributed by atoms with Gasteiger partial charge in [0.05, 0.1) is 24.4 Å². The Morgan fingerprint density at radius 3 is 3.10 bits per heavy atom. The summed E-state index contributed by atoms with van der Waals surface area (Å²) in [5, 5.41) is 15.8. The van der Waals surface area contributed by atoms with Crippen molar-refractivity contribution in [2.24, 2.45) is 5.92 Å². The highest BCUT2D eigenvalue weighted by molar-refractivity contribution is 6.12. The van der Waals surface area contributed by atoms with Crippen molar-refractivity contribution in [1.82, 2.24) is 15.1 Å². The monoisotopic (exact) mass is 290 g/mol. The number of hydrogen-bond donors (Lipinski definition) is 1. The van der Waals surface area contributed by atoms with E-state index in [9.17, 15) is 9.59 Å². The van der Waals surface area contributed by atoms with E-state index in [1.54, 1.807) is 10.8 Å². The lowest BCUT2D eigenvalue weighted by atomic mass is 9.96. The Morgan fingerprint density at radius 2 is 2.38 bits per heavy atom. The maximum Gasteiger partial charge on any atom is 0.245 e. The molecule has 2 rings (SSSR count). The van der Waals surface area contributed by atoms with Gasteiger partial charge in [-0.25, -0.2) is 0 Å². The van der Waals surface area contributed by atoms with E-state index in [4.69, 9.17) is 10.00 Å². The predicted molar refractivity (Wildman–Crippen MR) is 73.5 cm³/mol. The van der Waals surface area contributed by atoms with E-state index < -0.39 is 17.6 Å². The van der Waals surface area contributed by atoms with Crippen molar-refractivity contribution in [3.8, 4) is 6.07 Å². The maximum absolute atomic E-state index is 12.4. The van der Waals surface area contributed by atoms with Gasteiger partial charge < -0.3 is 10.1 Å². The molecule has 1 atom stereocenters. The van der Waals surface area contributed by atoms with Crippen molar-refractivity contribution in [1.29, 1.82) is 5.26 Å². The Morgan fingerprint density at radius 1 is 1.57 bits per heavy atom. The smallest absolute Gasteiger partial charge is 0.245 e. The summed E-state index contributed by atoms with van der Waals surface area (Å²) >= 11 is 0. The van der Waals surface area contributed by atoms with Gasteiger partial charge in [0.1, 0.15) is 0 Å². The van der Waals surface area contributed by atoms with Crippen molar-refractivity contribution in [2.75, 3.05) is 20.3 Å². The summed E-state index contributed by atoms with van der Waals surface area (Å²) in [6.07, 6.45) is 4.24. The molecule has 0 aliphatic carbocycles. The minimum atomic E-state index is -1.34. The molecular formula is C14H18N4O3. The van der Waals surface area contributed by atoms with Crippen molar-refractivity contribution in [3.05, 3.63) is 17.5 Å². The minimum absolute atomic E-state index is 0.271. The average molecular weight is 290 g/mol. The van der Waals surface area contributed by atoms with Crippen LogP contribution in [0, 0.1) is 17.2 Å². The van der Waals surface area contributed by atoms with Crippen LogP contribution in [0.2, 0.25) is 0 Å². The van der Waals surface area contributed by atoms with Gasteiger partial charge in [-0.3, -0.25) is 14.3 Å². The Hall–Kier alpha value is -2.20. The van der Waals surface area contributed by atoms with E-state index in [2.05, 4.69) is 10.4 Å². The van der Waals surface area contributed by atoms with Crippen LogP contribution in [0.5, 0.6) is 0 Å². The van der Waals surface area contributed by atoms with Crippen LogP contribution in [0.4, 0.5) is 0 Å². The Kier molecular flexibility index (Phi) is 5.06. The number of amides is 1. The van der Waals surface area contributed by atoms with Gasteiger partial charge in [0, 0.05) is 25.9 Å². The molecule has 1 aromatic heterocycles. The largest absolute Gasteiger partial charge is 0.383 e. The lowest BCUT2D eigenvalue weighted by molar-refractivity contribution is -0.122. The molecule has 1 amide bonds. The SMILES string of the molecule is COCCNC(=O)[C@@H](C#N)C(=O)c1cnn2c1CCCC2. The van der Waals surface area contributed by atoms with Gasteiger partial charge in [0.15, 0.2) is 11.7 Å². The number of nitriles is 1. The molecule has 0 saturated carbocycles. The van der Waals surface area contributed by atoms with Gasteiger partial charge in [0.2, 0.25) is 5.91 Å².